The van der Waals surface area contributed by atoms with Crippen LogP contribution in [0, 0.1) is 11.8 Å². The summed E-state index contributed by atoms with van der Waals surface area (Å²) in [5.41, 5.74) is 2.38. The van der Waals surface area contributed by atoms with E-state index in [1.165, 1.54) is 12.8 Å². The normalized spacial score (nSPS) is 28.5. The fourth-order valence-electron chi connectivity index (χ4n) is 5.00. The van der Waals surface area contributed by atoms with Crippen molar-refractivity contribution < 1.29 is 14.2 Å². The van der Waals surface area contributed by atoms with E-state index in [4.69, 9.17) is 14.2 Å². The molecule has 1 N–H and O–H groups in total. The molecule has 0 unspecified atom stereocenters. The van der Waals surface area contributed by atoms with Gasteiger partial charge in [-0.1, -0.05) is 42.9 Å². The van der Waals surface area contributed by atoms with Crippen molar-refractivity contribution in [2.24, 2.45) is 0 Å². The molecule has 6 rings (SSSR count). The van der Waals surface area contributed by atoms with Crippen molar-refractivity contribution in [1.29, 1.82) is 0 Å². The van der Waals surface area contributed by atoms with Crippen molar-refractivity contribution in [3.8, 4) is 11.8 Å². The standard InChI is InChI=1S/C25H27N5O3/c1-25(2)32-20-18(13-12-16-8-4-3-5-9-16)31-24(21(20)33-25)30-15-28-19-22(26-14-27-23(19)30)29-17-10-6-7-11-17/h3-5,8-9,14-15,17-18,20-21,24H,6-7,10-11H2,1-2H3,(H,26,27,29)/t18-,20-,21+,24-/m1/s1. The van der Waals surface area contributed by atoms with Gasteiger partial charge in [0.1, 0.15) is 24.6 Å². The van der Waals surface area contributed by atoms with E-state index in [9.17, 15) is 0 Å². The summed E-state index contributed by atoms with van der Waals surface area (Å²) in [6.07, 6.45) is 6.62. The van der Waals surface area contributed by atoms with Crippen LogP contribution in [0.5, 0.6) is 0 Å². The minimum absolute atomic E-state index is 0.309. The van der Waals surface area contributed by atoms with Gasteiger partial charge >= 0.3 is 0 Å². The first-order valence-corrected chi connectivity index (χ1v) is 11.6. The van der Waals surface area contributed by atoms with Gasteiger partial charge in [-0.15, -0.1) is 0 Å². The zero-order valence-corrected chi connectivity index (χ0v) is 18.8. The molecule has 2 aromatic heterocycles. The van der Waals surface area contributed by atoms with Gasteiger partial charge < -0.3 is 19.5 Å². The van der Waals surface area contributed by atoms with Crippen molar-refractivity contribution in [1.82, 2.24) is 19.5 Å². The summed E-state index contributed by atoms with van der Waals surface area (Å²) < 4.78 is 20.8. The van der Waals surface area contributed by atoms with Crippen LogP contribution < -0.4 is 5.32 Å². The number of hydrogen-bond donors (Lipinski definition) is 1. The topological polar surface area (TPSA) is 83.3 Å². The lowest BCUT2D eigenvalue weighted by molar-refractivity contribution is -0.190. The van der Waals surface area contributed by atoms with Gasteiger partial charge in [0.25, 0.3) is 0 Å². The molecule has 3 aromatic rings. The highest BCUT2D eigenvalue weighted by atomic mass is 16.8. The van der Waals surface area contributed by atoms with Crippen molar-refractivity contribution in [2.45, 2.75) is 75.9 Å². The van der Waals surface area contributed by atoms with Crippen molar-refractivity contribution in [3.05, 3.63) is 48.5 Å². The monoisotopic (exact) mass is 445 g/mol. The number of nitrogens with one attached hydrogen (secondary N) is 1. The molecule has 2 aliphatic heterocycles. The Labute approximate surface area is 192 Å². The van der Waals surface area contributed by atoms with Crippen LogP contribution in [0.15, 0.2) is 43.0 Å². The lowest BCUT2D eigenvalue weighted by atomic mass is 10.1. The number of ether oxygens (including phenoxy) is 3. The van der Waals surface area contributed by atoms with Crippen LogP contribution in [0.4, 0.5) is 5.82 Å². The second kappa shape index (κ2) is 8.10. The Morgan fingerprint density at radius 2 is 1.82 bits per heavy atom. The van der Waals surface area contributed by atoms with Crippen LogP contribution >= 0.6 is 0 Å². The third-order valence-electron chi connectivity index (χ3n) is 6.49. The van der Waals surface area contributed by atoms with Crippen molar-refractivity contribution in [2.75, 3.05) is 5.32 Å². The van der Waals surface area contributed by atoms with Gasteiger partial charge in [-0.25, -0.2) is 15.0 Å². The summed E-state index contributed by atoms with van der Waals surface area (Å²) in [6, 6.07) is 10.3. The van der Waals surface area contributed by atoms with Crippen LogP contribution in [0.1, 0.15) is 51.3 Å². The molecule has 4 atom stereocenters. The molecule has 8 heteroatoms. The number of benzene rings is 1. The Balaban J connectivity index is 1.32. The lowest BCUT2D eigenvalue weighted by Gasteiger charge is -2.23. The highest BCUT2D eigenvalue weighted by Gasteiger charge is 2.56. The quantitative estimate of drug-likeness (QED) is 0.616. The summed E-state index contributed by atoms with van der Waals surface area (Å²) in [5, 5.41) is 3.55. The van der Waals surface area contributed by atoms with Gasteiger partial charge in [0.2, 0.25) is 0 Å². The van der Waals surface area contributed by atoms with E-state index in [-0.39, 0.29) is 12.2 Å². The third-order valence-corrected chi connectivity index (χ3v) is 6.49. The average molecular weight is 446 g/mol. The third kappa shape index (κ3) is 3.86. The van der Waals surface area contributed by atoms with Gasteiger partial charge in [0.15, 0.2) is 29.0 Å². The van der Waals surface area contributed by atoms with Crippen LogP contribution in [0.25, 0.3) is 11.2 Å². The zero-order valence-electron chi connectivity index (χ0n) is 18.8. The molecule has 8 nitrogen and oxygen atoms in total. The van der Waals surface area contributed by atoms with E-state index in [2.05, 4.69) is 32.1 Å². The van der Waals surface area contributed by atoms with Gasteiger partial charge in [-0.2, -0.15) is 0 Å². The molecule has 4 heterocycles. The molecule has 0 bridgehead atoms. The summed E-state index contributed by atoms with van der Waals surface area (Å²) >= 11 is 0. The van der Waals surface area contributed by atoms with Crippen LogP contribution in [0.2, 0.25) is 0 Å². The number of aromatic nitrogens is 4. The SMILES string of the molecule is CC1(C)O[C@H]2[C@H](O1)[C@@H](C#Cc1ccccc1)O[C@H]2n1cnc2c(NC3CCCC3)ncnc21. The fraction of sp³-hybridized carbons (Fsp3) is 0.480. The Hall–Kier alpha value is -2.99. The smallest absolute Gasteiger partial charge is 0.167 e. The molecular formula is C25H27N5O3. The van der Waals surface area contributed by atoms with E-state index in [0.29, 0.717) is 11.7 Å². The van der Waals surface area contributed by atoms with E-state index >= 15 is 0 Å². The average Bonchev–Trinajstić information content (AvgIpc) is 3.58. The molecule has 3 aliphatic rings. The molecule has 3 fully saturated rings. The van der Waals surface area contributed by atoms with Crippen LogP contribution in [-0.4, -0.2) is 49.7 Å². The molecule has 1 aliphatic carbocycles. The Bertz CT molecular complexity index is 1210. The van der Waals surface area contributed by atoms with Crippen molar-refractivity contribution in [3.63, 3.8) is 0 Å². The molecular weight excluding hydrogens is 418 g/mol. The Morgan fingerprint density at radius 3 is 2.64 bits per heavy atom. The predicted octanol–water partition coefficient (Wildman–Crippen LogP) is 3.65. The van der Waals surface area contributed by atoms with Gasteiger partial charge in [0, 0.05) is 11.6 Å². The second-order valence-corrected chi connectivity index (χ2v) is 9.32. The van der Waals surface area contributed by atoms with Gasteiger partial charge in [-0.05, 0) is 38.8 Å². The van der Waals surface area contributed by atoms with E-state index in [1.807, 2.05) is 48.7 Å². The minimum atomic E-state index is -0.718. The molecule has 0 radical (unpaired) electrons. The van der Waals surface area contributed by atoms with Gasteiger partial charge in [-0.3, -0.25) is 4.57 Å². The maximum absolute atomic E-state index is 6.39. The van der Waals surface area contributed by atoms with E-state index < -0.39 is 18.1 Å². The number of rotatable bonds is 3. The first-order valence-electron chi connectivity index (χ1n) is 11.6. The van der Waals surface area contributed by atoms with Crippen LogP contribution in [-0.2, 0) is 14.2 Å². The largest absolute Gasteiger partial charge is 0.365 e. The summed E-state index contributed by atoms with van der Waals surface area (Å²) in [4.78, 5) is 13.6. The zero-order chi connectivity index (χ0) is 22.4. The number of nitrogens with zero attached hydrogens (tertiary/aromatic N) is 4. The molecule has 0 spiro atoms. The van der Waals surface area contributed by atoms with E-state index in [0.717, 1.165) is 29.7 Å². The maximum Gasteiger partial charge on any atom is 0.167 e. The molecule has 0 amide bonds. The lowest BCUT2D eigenvalue weighted by Crippen LogP contribution is -2.28. The predicted molar refractivity (Wildman–Crippen MR) is 122 cm³/mol. The number of imidazole rings is 1. The summed E-state index contributed by atoms with van der Waals surface area (Å²) in [6.45, 7) is 3.84. The minimum Gasteiger partial charge on any atom is -0.365 e. The molecule has 33 heavy (non-hydrogen) atoms. The first kappa shape index (κ1) is 20.6. The Kier molecular flexibility index (Phi) is 5.06. The summed E-state index contributed by atoms with van der Waals surface area (Å²) in [5.74, 6) is 6.51. The number of fused-ring (bicyclic) bond motifs is 2. The van der Waals surface area contributed by atoms with Gasteiger partial charge in [0.05, 0.1) is 6.33 Å². The molecule has 2 saturated heterocycles. The van der Waals surface area contributed by atoms with Crippen molar-refractivity contribution >= 4 is 17.0 Å². The molecule has 1 aromatic carbocycles. The molecule has 170 valence electrons. The highest BCUT2D eigenvalue weighted by molar-refractivity contribution is 5.82. The number of hydrogen-bond acceptors (Lipinski definition) is 7. The maximum atomic E-state index is 6.39. The van der Waals surface area contributed by atoms with Crippen LogP contribution in [0.3, 0.4) is 0 Å². The van der Waals surface area contributed by atoms with E-state index in [1.54, 1.807) is 12.7 Å². The second-order valence-electron chi connectivity index (χ2n) is 9.32. The first-order chi connectivity index (χ1) is 16.1. The molecule has 1 saturated carbocycles. The highest BCUT2D eigenvalue weighted by Crippen LogP contribution is 2.43. The summed E-state index contributed by atoms with van der Waals surface area (Å²) in [7, 11) is 0. The Morgan fingerprint density at radius 1 is 1.03 bits per heavy atom. The number of anilines is 1. The fourth-order valence-corrected chi connectivity index (χ4v) is 5.00.